The maximum absolute atomic E-state index is 13.3. The summed E-state index contributed by atoms with van der Waals surface area (Å²) in [6.07, 6.45) is 7.35. The summed E-state index contributed by atoms with van der Waals surface area (Å²) in [6.45, 7) is 12.7. The van der Waals surface area contributed by atoms with E-state index in [2.05, 4.69) is 10.3 Å². The summed E-state index contributed by atoms with van der Waals surface area (Å²) in [5.74, 6) is -1.23. The lowest BCUT2D eigenvalue weighted by Gasteiger charge is -2.32. The second-order valence-electron chi connectivity index (χ2n) is 12.8. The van der Waals surface area contributed by atoms with Crippen molar-refractivity contribution in [2.45, 2.75) is 78.2 Å². The second-order valence-corrected chi connectivity index (χ2v) is 12.8. The van der Waals surface area contributed by atoms with E-state index in [4.69, 9.17) is 19.0 Å². The van der Waals surface area contributed by atoms with Gasteiger partial charge in [-0.25, -0.2) is 24.0 Å². The lowest BCUT2D eigenvalue weighted by Crippen LogP contribution is -2.52. The number of imidazole rings is 1. The standard InChI is InChI=1S/C32H39N5O8/c1-30(2,3)43-28(40)32(7,45-37-26(38)23-11-8-9-12-24(23)27(37)39)20-42-22-13-14-25(34-19-22)36-18-17-35(21-36)16-10-15-33-29(41)44-31(4,5)6/h8-9,11-14,17-19,21H,10,15-16,20H2,1-7H3/p+1. The van der Waals surface area contributed by atoms with Crippen molar-refractivity contribution in [3.8, 4) is 11.6 Å². The van der Waals surface area contributed by atoms with Gasteiger partial charge in [-0.1, -0.05) is 12.1 Å². The number of rotatable bonds is 11. The number of fused-ring (bicyclic) bond motifs is 1. The molecule has 0 saturated carbocycles. The minimum Gasteiger partial charge on any atom is -0.488 e. The third kappa shape index (κ3) is 8.66. The highest BCUT2D eigenvalue weighted by molar-refractivity contribution is 6.20. The van der Waals surface area contributed by atoms with Crippen molar-refractivity contribution in [2.24, 2.45) is 0 Å². The zero-order chi connectivity index (χ0) is 33.0. The van der Waals surface area contributed by atoms with Crippen LogP contribution in [0.25, 0.3) is 5.82 Å². The van der Waals surface area contributed by atoms with Gasteiger partial charge in [0.15, 0.2) is 0 Å². The Kier molecular flexibility index (Phi) is 9.62. The van der Waals surface area contributed by atoms with E-state index in [-0.39, 0.29) is 17.7 Å². The predicted octanol–water partition coefficient (Wildman–Crippen LogP) is 3.78. The first kappa shape index (κ1) is 33.1. The average molecular weight is 623 g/mol. The van der Waals surface area contributed by atoms with Crippen molar-refractivity contribution in [3.05, 3.63) is 72.4 Å². The number of carbonyl (C=O) groups is 4. The number of carbonyl (C=O) groups excluding carboxylic acids is 4. The van der Waals surface area contributed by atoms with Crippen LogP contribution in [0.4, 0.5) is 4.79 Å². The number of amides is 3. The van der Waals surface area contributed by atoms with Crippen molar-refractivity contribution < 1.29 is 42.8 Å². The number of nitrogens with zero attached hydrogens (tertiary/aromatic N) is 4. The average Bonchev–Trinajstić information content (AvgIpc) is 3.52. The van der Waals surface area contributed by atoms with Gasteiger partial charge in [0.1, 0.15) is 36.0 Å². The molecule has 0 fully saturated rings. The number of imide groups is 1. The highest BCUT2D eigenvalue weighted by Gasteiger charge is 2.47. The fourth-order valence-electron chi connectivity index (χ4n) is 4.22. The number of nitrogens with one attached hydrogen (secondary N) is 1. The fourth-order valence-corrected chi connectivity index (χ4v) is 4.22. The molecule has 13 nitrogen and oxygen atoms in total. The molecule has 1 aliphatic heterocycles. The lowest BCUT2D eigenvalue weighted by atomic mass is 10.1. The predicted molar refractivity (Wildman–Crippen MR) is 160 cm³/mol. The minimum absolute atomic E-state index is 0.179. The molecule has 1 unspecified atom stereocenters. The molecule has 1 aromatic carbocycles. The Balaban J connectivity index is 1.38. The van der Waals surface area contributed by atoms with Crippen LogP contribution >= 0.6 is 0 Å². The van der Waals surface area contributed by atoms with Gasteiger partial charge in [0.05, 0.1) is 23.9 Å². The van der Waals surface area contributed by atoms with E-state index in [0.29, 0.717) is 36.1 Å². The van der Waals surface area contributed by atoms with Crippen molar-refractivity contribution in [1.29, 1.82) is 0 Å². The zero-order valence-corrected chi connectivity index (χ0v) is 26.7. The van der Waals surface area contributed by atoms with Gasteiger partial charge in [0, 0.05) is 19.0 Å². The number of aromatic nitrogens is 3. The Morgan fingerprint density at radius 1 is 0.911 bits per heavy atom. The number of hydrogen-bond acceptors (Lipinski definition) is 9. The Morgan fingerprint density at radius 2 is 1.56 bits per heavy atom. The molecule has 0 saturated heterocycles. The zero-order valence-electron chi connectivity index (χ0n) is 26.7. The molecular weight excluding hydrogens is 582 g/mol. The van der Waals surface area contributed by atoms with E-state index in [9.17, 15) is 19.2 Å². The first-order valence-corrected chi connectivity index (χ1v) is 14.6. The number of hydroxylamine groups is 2. The molecule has 0 bridgehead atoms. The van der Waals surface area contributed by atoms with Crippen LogP contribution in [-0.4, -0.2) is 68.4 Å². The first-order valence-electron chi connectivity index (χ1n) is 14.6. The first-order chi connectivity index (χ1) is 21.0. The van der Waals surface area contributed by atoms with Crippen LogP contribution in [0.1, 0.15) is 75.6 Å². The van der Waals surface area contributed by atoms with Gasteiger partial charge >= 0.3 is 12.1 Å². The summed E-state index contributed by atoms with van der Waals surface area (Å²) < 4.78 is 20.5. The van der Waals surface area contributed by atoms with E-state index in [1.807, 2.05) is 48.6 Å². The molecule has 13 heteroatoms. The van der Waals surface area contributed by atoms with Gasteiger partial charge < -0.3 is 19.5 Å². The quantitative estimate of drug-likeness (QED) is 0.146. The summed E-state index contributed by atoms with van der Waals surface area (Å²) in [7, 11) is 0. The number of esters is 1. The number of ether oxygens (including phenoxy) is 3. The topological polar surface area (TPSA) is 142 Å². The molecule has 240 valence electrons. The molecule has 0 spiro atoms. The normalized spacial score (nSPS) is 14.5. The molecule has 1 N–H and O–H groups in total. The van der Waals surface area contributed by atoms with Crippen LogP contribution in [-0.2, 0) is 25.7 Å². The van der Waals surface area contributed by atoms with Gasteiger partial charge in [-0.3, -0.25) is 9.59 Å². The number of aryl methyl sites for hydroxylation is 1. The number of pyridine rings is 1. The van der Waals surface area contributed by atoms with Crippen LogP contribution < -0.4 is 14.6 Å². The molecule has 0 radical (unpaired) electrons. The Labute approximate surface area is 262 Å². The van der Waals surface area contributed by atoms with Crippen molar-refractivity contribution in [3.63, 3.8) is 0 Å². The van der Waals surface area contributed by atoms with Gasteiger partial charge in [0.25, 0.3) is 11.8 Å². The summed E-state index contributed by atoms with van der Waals surface area (Å²) >= 11 is 0. The molecule has 4 rings (SSSR count). The Hall–Kier alpha value is -4.78. The Morgan fingerprint density at radius 3 is 2.13 bits per heavy atom. The largest absolute Gasteiger partial charge is 0.488 e. The lowest BCUT2D eigenvalue weighted by molar-refractivity contribution is -0.696. The fraction of sp³-hybridized carbons (Fsp3) is 0.438. The maximum Gasteiger partial charge on any atom is 0.407 e. The number of alkyl carbamates (subject to hydrolysis) is 1. The maximum atomic E-state index is 13.3. The van der Waals surface area contributed by atoms with Gasteiger partial charge in [-0.05, 0) is 66.7 Å². The molecule has 45 heavy (non-hydrogen) atoms. The SMILES string of the molecule is CC(C)(C)OC(=O)NCCC[n+]1ccn(-c2ccc(OCC(C)(ON3C(=O)c4ccccc4C3=O)C(=O)OC(C)(C)C)cn2)c1. The monoisotopic (exact) mass is 622 g/mol. The molecule has 1 atom stereocenters. The van der Waals surface area contributed by atoms with Crippen molar-refractivity contribution >= 4 is 23.9 Å². The van der Waals surface area contributed by atoms with E-state index in [1.54, 1.807) is 45.0 Å². The van der Waals surface area contributed by atoms with E-state index in [0.717, 1.165) is 0 Å². The molecular formula is C32H40N5O8+. The van der Waals surface area contributed by atoms with Crippen LogP contribution in [0.5, 0.6) is 5.75 Å². The molecule has 3 heterocycles. The van der Waals surface area contributed by atoms with E-state index < -0.39 is 40.7 Å². The van der Waals surface area contributed by atoms with Gasteiger partial charge in [-0.15, -0.1) is 5.06 Å². The molecule has 2 aromatic heterocycles. The highest BCUT2D eigenvalue weighted by Crippen LogP contribution is 2.28. The van der Waals surface area contributed by atoms with Crippen molar-refractivity contribution in [1.82, 2.24) is 19.9 Å². The van der Waals surface area contributed by atoms with Crippen LogP contribution in [0.3, 0.4) is 0 Å². The van der Waals surface area contributed by atoms with E-state index >= 15 is 0 Å². The second kappa shape index (κ2) is 13.1. The molecule has 3 aromatic rings. The van der Waals surface area contributed by atoms with Crippen molar-refractivity contribution in [2.75, 3.05) is 13.2 Å². The molecule has 3 amide bonds. The summed E-state index contributed by atoms with van der Waals surface area (Å²) in [6, 6.07) is 9.72. The summed E-state index contributed by atoms with van der Waals surface area (Å²) in [4.78, 5) is 61.2. The minimum atomic E-state index is -1.86. The molecule has 1 aliphatic rings. The third-order valence-electron chi connectivity index (χ3n) is 6.33. The third-order valence-corrected chi connectivity index (χ3v) is 6.33. The van der Waals surface area contributed by atoms with Gasteiger partial charge in [-0.2, -0.15) is 4.57 Å². The van der Waals surface area contributed by atoms with Crippen LogP contribution in [0.15, 0.2) is 61.3 Å². The Bertz CT molecular complexity index is 1520. The number of benzene rings is 1. The summed E-state index contributed by atoms with van der Waals surface area (Å²) in [5, 5.41) is 3.32. The summed E-state index contributed by atoms with van der Waals surface area (Å²) in [5.41, 5.74) is -2.91. The number of hydrogen-bond donors (Lipinski definition) is 1. The highest BCUT2D eigenvalue weighted by atomic mass is 16.7. The molecule has 0 aliphatic carbocycles. The van der Waals surface area contributed by atoms with Gasteiger partial charge in [0.2, 0.25) is 17.7 Å². The van der Waals surface area contributed by atoms with Crippen LogP contribution in [0.2, 0.25) is 0 Å². The van der Waals surface area contributed by atoms with Crippen LogP contribution in [0, 0.1) is 0 Å². The van der Waals surface area contributed by atoms with E-state index in [1.165, 1.54) is 25.3 Å². The smallest absolute Gasteiger partial charge is 0.407 e.